The van der Waals surface area contributed by atoms with E-state index in [2.05, 4.69) is 0 Å². The molecule has 0 aromatic heterocycles. The molecule has 17 heavy (non-hydrogen) atoms. The Morgan fingerprint density at radius 1 is 1.41 bits per heavy atom. The van der Waals surface area contributed by atoms with Crippen LogP contribution in [0.1, 0.15) is 27.2 Å². The van der Waals surface area contributed by atoms with Crippen LogP contribution in [0.4, 0.5) is 0 Å². The Morgan fingerprint density at radius 2 is 2.00 bits per heavy atom. The third-order valence-corrected chi connectivity index (χ3v) is 2.89. The molecule has 0 aliphatic carbocycles. The average Bonchev–Trinajstić information content (AvgIpc) is 2.37. The van der Waals surface area contributed by atoms with E-state index in [0.717, 1.165) is 0 Å². The Labute approximate surface area is 103 Å². The molecule has 0 saturated carbocycles. The van der Waals surface area contributed by atoms with E-state index in [9.17, 15) is 9.59 Å². The van der Waals surface area contributed by atoms with Gasteiger partial charge in [0.15, 0.2) is 0 Å². The van der Waals surface area contributed by atoms with Crippen LogP contribution in [0.2, 0.25) is 0 Å². The van der Waals surface area contributed by atoms with Crippen molar-refractivity contribution in [2.45, 2.75) is 39.3 Å². The van der Waals surface area contributed by atoms with E-state index in [0.29, 0.717) is 24.2 Å². The Kier molecular flexibility index (Phi) is 4.27. The molecule has 0 N–H and O–H groups in total. The lowest BCUT2D eigenvalue weighted by Crippen LogP contribution is -2.48. The number of hydrogen-bond donors (Lipinski definition) is 0. The predicted molar refractivity (Wildman–Crippen MR) is 64.0 cm³/mol. The van der Waals surface area contributed by atoms with Gasteiger partial charge in [-0.3, -0.25) is 9.59 Å². The highest BCUT2D eigenvalue weighted by atomic mass is 16.7. The molecule has 0 aromatic carbocycles. The van der Waals surface area contributed by atoms with E-state index < -0.39 is 0 Å². The molecular formula is C12H23N2O3+. The molecular weight excluding hydrogens is 220 g/mol. The van der Waals surface area contributed by atoms with Crippen LogP contribution in [-0.2, 0) is 14.4 Å². The minimum atomic E-state index is -0.345. The molecule has 1 rings (SSSR count). The van der Waals surface area contributed by atoms with Crippen LogP contribution in [0, 0.1) is 0 Å². The summed E-state index contributed by atoms with van der Waals surface area (Å²) in [5, 5.41) is 0. The predicted octanol–water partition coefficient (Wildman–Crippen LogP) is 0.593. The van der Waals surface area contributed by atoms with Crippen molar-refractivity contribution in [3.05, 3.63) is 0 Å². The summed E-state index contributed by atoms with van der Waals surface area (Å²) >= 11 is 0. The lowest BCUT2D eigenvalue weighted by atomic mass is 10.2. The Bertz CT molecular complexity index is 313. The van der Waals surface area contributed by atoms with Crippen molar-refractivity contribution in [1.29, 1.82) is 0 Å². The number of Topliss-reactive ketones (excluding diaryl/α,β-unsaturated/α-hetero) is 1. The molecule has 0 spiro atoms. The smallest absolute Gasteiger partial charge is 0.290 e. The zero-order valence-electron chi connectivity index (χ0n) is 11.4. The Balaban J connectivity index is 2.50. The topological polar surface area (TPSA) is 46.6 Å². The van der Waals surface area contributed by atoms with Gasteiger partial charge in [-0.15, -0.1) is 0 Å². The quantitative estimate of drug-likeness (QED) is 0.403. The van der Waals surface area contributed by atoms with Gasteiger partial charge in [-0.2, -0.15) is 4.65 Å². The summed E-state index contributed by atoms with van der Waals surface area (Å²) in [6, 6.07) is 0.0223. The van der Waals surface area contributed by atoms with E-state index in [1.54, 1.807) is 4.90 Å². The summed E-state index contributed by atoms with van der Waals surface area (Å²) in [6.07, 6.45) is 0.482. The van der Waals surface area contributed by atoms with Gasteiger partial charge in [-0.05, 0) is 20.8 Å². The van der Waals surface area contributed by atoms with Crippen molar-refractivity contribution in [1.82, 2.24) is 4.90 Å². The first kappa shape index (κ1) is 14.1. The zero-order chi connectivity index (χ0) is 13.2. The minimum Gasteiger partial charge on any atom is -0.327 e. The molecule has 1 amide bonds. The molecule has 1 aliphatic rings. The summed E-state index contributed by atoms with van der Waals surface area (Å²) in [6.45, 7) is 7.11. The first-order valence-corrected chi connectivity index (χ1v) is 6.08. The minimum absolute atomic E-state index is 0.0223. The molecule has 5 heteroatoms. The fraction of sp³-hybridized carbons (Fsp3) is 0.833. The van der Waals surface area contributed by atoms with E-state index in [1.807, 2.05) is 34.9 Å². The number of ketones is 1. The highest BCUT2D eigenvalue weighted by molar-refractivity contribution is 6.38. The second-order valence-corrected chi connectivity index (χ2v) is 5.43. The summed E-state index contributed by atoms with van der Waals surface area (Å²) in [4.78, 5) is 30.2. The number of likely N-dealkylation sites (N-methyl/N-ethyl adjacent to an activating group) is 1. The van der Waals surface area contributed by atoms with E-state index in [1.165, 1.54) is 0 Å². The van der Waals surface area contributed by atoms with Crippen molar-refractivity contribution >= 4 is 11.7 Å². The molecule has 0 bridgehead atoms. The van der Waals surface area contributed by atoms with Crippen LogP contribution in [0.15, 0.2) is 0 Å². The number of quaternary nitrogens is 1. The van der Waals surface area contributed by atoms with Gasteiger partial charge in [0.25, 0.3) is 5.91 Å². The van der Waals surface area contributed by atoms with Gasteiger partial charge in [0.05, 0.1) is 20.6 Å². The van der Waals surface area contributed by atoms with Gasteiger partial charge in [-0.25, -0.2) is 4.84 Å². The number of likely N-dealkylation sites (tertiary alicyclic amines) is 1. The summed E-state index contributed by atoms with van der Waals surface area (Å²) in [5.74, 6) is -0.616. The first-order chi connectivity index (χ1) is 7.73. The SMILES string of the molecule is CC(C)O[N+](C)(C)CCN1C(=O)C(=O)CC1C. The summed E-state index contributed by atoms with van der Waals surface area (Å²) in [7, 11) is 3.90. The van der Waals surface area contributed by atoms with Crippen molar-refractivity contribution in [3.63, 3.8) is 0 Å². The van der Waals surface area contributed by atoms with Gasteiger partial charge in [0, 0.05) is 12.5 Å². The molecule has 5 nitrogen and oxygen atoms in total. The molecule has 1 fully saturated rings. The summed E-state index contributed by atoms with van der Waals surface area (Å²) in [5.41, 5.74) is 0. The van der Waals surface area contributed by atoms with Gasteiger partial charge >= 0.3 is 0 Å². The number of rotatable bonds is 5. The van der Waals surface area contributed by atoms with E-state index >= 15 is 0 Å². The fourth-order valence-corrected chi connectivity index (χ4v) is 2.12. The van der Waals surface area contributed by atoms with Gasteiger partial charge in [0.1, 0.15) is 12.6 Å². The molecule has 98 valence electrons. The van der Waals surface area contributed by atoms with Gasteiger partial charge in [-0.1, -0.05) is 0 Å². The monoisotopic (exact) mass is 243 g/mol. The second kappa shape index (κ2) is 5.14. The van der Waals surface area contributed by atoms with Crippen molar-refractivity contribution in [3.8, 4) is 0 Å². The van der Waals surface area contributed by atoms with Crippen molar-refractivity contribution in [2.24, 2.45) is 0 Å². The molecule has 1 saturated heterocycles. The largest absolute Gasteiger partial charge is 0.327 e. The maximum absolute atomic E-state index is 11.6. The van der Waals surface area contributed by atoms with E-state index in [4.69, 9.17) is 4.84 Å². The molecule has 1 unspecified atom stereocenters. The van der Waals surface area contributed by atoms with Crippen LogP contribution >= 0.6 is 0 Å². The Hall–Kier alpha value is -0.940. The third-order valence-electron chi connectivity index (χ3n) is 2.89. The number of nitrogens with zero attached hydrogens (tertiary/aromatic N) is 2. The lowest BCUT2D eigenvalue weighted by molar-refractivity contribution is -1.08. The first-order valence-electron chi connectivity index (χ1n) is 6.08. The molecule has 0 radical (unpaired) electrons. The third kappa shape index (κ3) is 3.78. The van der Waals surface area contributed by atoms with Crippen molar-refractivity contribution in [2.75, 3.05) is 27.2 Å². The maximum atomic E-state index is 11.6. The molecule has 0 aromatic rings. The van der Waals surface area contributed by atoms with Crippen LogP contribution in [-0.4, -0.2) is 60.6 Å². The number of carbonyl (C=O) groups is 2. The normalized spacial score (nSPS) is 21.8. The number of amides is 1. The maximum Gasteiger partial charge on any atom is 0.290 e. The highest BCUT2D eigenvalue weighted by Crippen LogP contribution is 2.15. The lowest BCUT2D eigenvalue weighted by Gasteiger charge is -2.31. The molecule has 1 heterocycles. The molecule has 1 aliphatic heterocycles. The van der Waals surface area contributed by atoms with Gasteiger partial charge < -0.3 is 4.90 Å². The van der Waals surface area contributed by atoms with Crippen LogP contribution < -0.4 is 0 Å². The number of hydrogen-bond acceptors (Lipinski definition) is 3. The zero-order valence-corrected chi connectivity index (χ0v) is 11.4. The summed E-state index contributed by atoms with van der Waals surface area (Å²) < 4.78 is 0.391. The Morgan fingerprint density at radius 3 is 2.41 bits per heavy atom. The second-order valence-electron chi connectivity index (χ2n) is 5.43. The van der Waals surface area contributed by atoms with E-state index in [-0.39, 0.29) is 23.8 Å². The van der Waals surface area contributed by atoms with Crippen molar-refractivity contribution < 1.29 is 19.1 Å². The standard InChI is InChI=1S/C12H23N2O3/c1-9(2)17-14(4,5)7-6-13-10(3)8-11(15)12(13)16/h9-10H,6-8H2,1-5H3/q+1. The van der Waals surface area contributed by atoms with Gasteiger partial charge in [0.2, 0.25) is 5.78 Å². The number of hydroxylamine groups is 3. The molecule has 1 atom stereocenters. The van der Waals surface area contributed by atoms with Crippen LogP contribution in [0.25, 0.3) is 0 Å². The average molecular weight is 243 g/mol. The highest BCUT2D eigenvalue weighted by Gasteiger charge is 2.36. The number of carbonyl (C=O) groups excluding carboxylic acids is 2. The van der Waals surface area contributed by atoms with Crippen LogP contribution in [0.3, 0.4) is 0 Å². The fourth-order valence-electron chi connectivity index (χ4n) is 2.12. The van der Waals surface area contributed by atoms with Crippen LogP contribution in [0.5, 0.6) is 0 Å².